The molecule has 18 heavy (non-hydrogen) atoms. The monoisotopic (exact) mass is 253 g/mol. The van der Waals surface area contributed by atoms with E-state index in [0.29, 0.717) is 17.7 Å². The van der Waals surface area contributed by atoms with E-state index < -0.39 is 5.97 Å². The average molecular weight is 253 g/mol. The summed E-state index contributed by atoms with van der Waals surface area (Å²) in [6.45, 7) is 4.42. The number of aryl methyl sites for hydroxylation is 1. The number of nitrogens with one attached hydrogen (secondary N) is 1. The van der Waals surface area contributed by atoms with Crippen LogP contribution in [0.4, 0.5) is 0 Å². The quantitative estimate of drug-likeness (QED) is 0.729. The summed E-state index contributed by atoms with van der Waals surface area (Å²) in [5.41, 5.74) is 1.02. The van der Waals surface area contributed by atoms with Crippen LogP contribution in [0.1, 0.15) is 47.9 Å². The Labute approximate surface area is 106 Å². The van der Waals surface area contributed by atoms with Crippen molar-refractivity contribution in [3.05, 3.63) is 23.2 Å². The van der Waals surface area contributed by atoms with Gasteiger partial charge in [-0.1, -0.05) is 19.8 Å². The van der Waals surface area contributed by atoms with Crippen molar-refractivity contribution in [1.29, 1.82) is 0 Å². The molecule has 5 heteroatoms. The molecule has 1 rings (SSSR count). The Kier molecular flexibility index (Phi) is 5.42. The molecule has 0 radical (unpaired) electrons. The Morgan fingerprint density at radius 3 is 2.72 bits per heavy atom. The van der Waals surface area contributed by atoms with Crippen molar-refractivity contribution in [2.45, 2.75) is 39.5 Å². The average Bonchev–Trinajstić information content (AvgIpc) is 2.65. The fourth-order valence-electron chi connectivity index (χ4n) is 1.74. The highest BCUT2D eigenvalue weighted by atomic mass is 16.4. The first-order valence-electron chi connectivity index (χ1n) is 6.13. The first-order chi connectivity index (χ1) is 8.56. The maximum absolute atomic E-state index is 11.9. The molecule has 0 aromatic carbocycles. The Balaban J connectivity index is 2.66. The fraction of sp³-hybridized carbons (Fsp3) is 0.538. The standard InChI is InChI=1S/C13H19NO4/c1-3-4-5-6-14-13(17)12-9(2)8-18-10(12)7-11(15)16/h8H,3-7H2,1-2H3,(H,14,17)(H,15,16). The highest BCUT2D eigenvalue weighted by Crippen LogP contribution is 2.17. The van der Waals surface area contributed by atoms with E-state index in [-0.39, 0.29) is 18.1 Å². The van der Waals surface area contributed by atoms with Gasteiger partial charge in [-0.2, -0.15) is 0 Å². The number of amides is 1. The summed E-state index contributed by atoms with van der Waals surface area (Å²) < 4.78 is 5.11. The third-order valence-corrected chi connectivity index (χ3v) is 2.66. The van der Waals surface area contributed by atoms with Crippen LogP contribution in [0.5, 0.6) is 0 Å². The minimum atomic E-state index is -1.01. The van der Waals surface area contributed by atoms with Crippen LogP contribution >= 0.6 is 0 Å². The predicted molar refractivity (Wildman–Crippen MR) is 66.6 cm³/mol. The van der Waals surface area contributed by atoms with E-state index >= 15 is 0 Å². The van der Waals surface area contributed by atoms with Gasteiger partial charge in [0.25, 0.3) is 5.91 Å². The number of unbranched alkanes of at least 4 members (excludes halogenated alkanes) is 2. The molecule has 0 fully saturated rings. The lowest BCUT2D eigenvalue weighted by Crippen LogP contribution is -2.26. The van der Waals surface area contributed by atoms with Crippen molar-refractivity contribution < 1.29 is 19.1 Å². The zero-order valence-electron chi connectivity index (χ0n) is 10.8. The molecule has 5 nitrogen and oxygen atoms in total. The number of carbonyl (C=O) groups excluding carboxylic acids is 1. The van der Waals surface area contributed by atoms with Crippen molar-refractivity contribution in [2.24, 2.45) is 0 Å². The van der Waals surface area contributed by atoms with Crippen LogP contribution in [0, 0.1) is 6.92 Å². The minimum absolute atomic E-state index is 0.216. The molecule has 1 aromatic rings. The molecule has 0 saturated heterocycles. The number of hydrogen-bond acceptors (Lipinski definition) is 3. The van der Waals surface area contributed by atoms with E-state index in [1.54, 1.807) is 6.92 Å². The Morgan fingerprint density at radius 2 is 2.11 bits per heavy atom. The molecule has 1 amide bonds. The Bertz CT molecular complexity index is 423. The first kappa shape index (κ1) is 14.3. The number of carboxylic acids is 1. The van der Waals surface area contributed by atoms with Gasteiger partial charge in [0.2, 0.25) is 0 Å². The SMILES string of the molecule is CCCCCNC(=O)c1c(C)coc1CC(=O)O. The van der Waals surface area contributed by atoms with Crippen molar-refractivity contribution in [1.82, 2.24) is 5.32 Å². The van der Waals surface area contributed by atoms with Gasteiger partial charge in [-0.05, 0) is 13.3 Å². The van der Waals surface area contributed by atoms with Crippen LogP contribution in [0.2, 0.25) is 0 Å². The van der Waals surface area contributed by atoms with Gasteiger partial charge in [0, 0.05) is 12.1 Å². The largest absolute Gasteiger partial charge is 0.481 e. The van der Waals surface area contributed by atoms with Crippen molar-refractivity contribution in [3.63, 3.8) is 0 Å². The maximum Gasteiger partial charge on any atom is 0.311 e. The smallest absolute Gasteiger partial charge is 0.311 e. The van der Waals surface area contributed by atoms with Gasteiger partial charge >= 0.3 is 5.97 Å². The normalized spacial score (nSPS) is 10.3. The lowest BCUT2D eigenvalue weighted by atomic mass is 10.1. The number of rotatable bonds is 7. The van der Waals surface area contributed by atoms with E-state index in [0.717, 1.165) is 19.3 Å². The maximum atomic E-state index is 11.9. The van der Waals surface area contributed by atoms with Gasteiger partial charge in [-0.25, -0.2) is 0 Å². The first-order valence-corrected chi connectivity index (χ1v) is 6.13. The number of hydrogen-bond donors (Lipinski definition) is 2. The predicted octanol–water partition coefficient (Wildman–Crippen LogP) is 2.14. The van der Waals surface area contributed by atoms with E-state index in [1.165, 1.54) is 6.26 Å². The molecule has 0 aliphatic rings. The van der Waals surface area contributed by atoms with Gasteiger partial charge in [0.15, 0.2) is 0 Å². The molecular weight excluding hydrogens is 234 g/mol. The third-order valence-electron chi connectivity index (χ3n) is 2.66. The molecule has 1 heterocycles. The van der Waals surface area contributed by atoms with Crippen molar-refractivity contribution in [2.75, 3.05) is 6.54 Å². The number of aliphatic carboxylic acids is 1. The van der Waals surface area contributed by atoms with Gasteiger partial charge in [0.05, 0.1) is 11.8 Å². The summed E-state index contributed by atoms with van der Waals surface area (Å²) in [5.74, 6) is -1.05. The zero-order chi connectivity index (χ0) is 13.5. The lowest BCUT2D eigenvalue weighted by Gasteiger charge is -2.05. The van der Waals surface area contributed by atoms with Gasteiger partial charge in [0.1, 0.15) is 12.2 Å². The molecule has 0 spiro atoms. The summed E-state index contributed by atoms with van der Waals surface area (Å²) in [5, 5.41) is 11.5. The molecule has 100 valence electrons. The second kappa shape index (κ2) is 6.83. The highest BCUT2D eigenvalue weighted by Gasteiger charge is 2.19. The number of carboxylic acid groups (broad SMARTS) is 1. The Morgan fingerprint density at radius 1 is 1.39 bits per heavy atom. The van der Waals surface area contributed by atoms with Crippen molar-refractivity contribution in [3.8, 4) is 0 Å². The topological polar surface area (TPSA) is 79.5 Å². The van der Waals surface area contributed by atoms with Crippen LogP contribution in [0.3, 0.4) is 0 Å². The molecule has 0 bridgehead atoms. The van der Waals surface area contributed by atoms with Crippen molar-refractivity contribution >= 4 is 11.9 Å². The van der Waals surface area contributed by atoms with E-state index in [1.807, 2.05) is 0 Å². The Hall–Kier alpha value is -1.78. The van der Waals surface area contributed by atoms with E-state index in [2.05, 4.69) is 12.2 Å². The summed E-state index contributed by atoms with van der Waals surface area (Å²) in [4.78, 5) is 22.6. The number of furan rings is 1. The second-order valence-electron chi connectivity index (χ2n) is 4.25. The summed E-state index contributed by atoms with van der Waals surface area (Å²) in [6, 6.07) is 0. The van der Waals surface area contributed by atoms with Crippen LogP contribution in [0.25, 0.3) is 0 Å². The second-order valence-corrected chi connectivity index (χ2v) is 4.25. The van der Waals surface area contributed by atoms with Crippen LogP contribution in [-0.2, 0) is 11.2 Å². The van der Waals surface area contributed by atoms with Gasteiger partial charge < -0.3 is 14.8 Å². The van der Waals surface area contributed by atoms with Crippen LogP contribution < -0.4 is 5.32 Å². The fourth-order valence-corrected chi connectivity index (χ4v) is 1.74. The highest BCUT2D eigenvalue weighted by molar-refractivity contribution is 5.97. The lowest BCUT2D eigenvalue weighted by molar-refractivity contribution is -0.136. The van der Waals surface area contributed by atoms with Crippen LogP contribution in [-0.4, -0.2) is 23.5 Å². The van der Waals surface area contributed by atoms with Crippen LogP contribution in [0.15, 0.2) is 10.7 Å². The van der Waals surface area contributed by atoms with E-state index in [4.69, 9.17) is 9.52 Å². The molecule has 2 N–H and O–H groups in total. The molecule has 0 aliphatic heterocycles. The van der Waals surface area contributed by atoms with Gasteiger partial charge in [-0.3, -0.25) is 9.59 Å². The molecular formula is C13H19NO4. The summed E-state index contributed by atoms with van der Waals surface area (Å²) in [6.07, 6.45) is 4.22. The third kappa shape index (κ3) is 3.91. The van der Waals surface area contributed by atoms with E-state index in [9.17, 15) is 9.59 Å². The molecule has 0 aliphatic carbocycles. The molecule has 0 atom stereocenters. The minimum Gasteiger partial charge on any atom is -0.481 e. The zero-order valence-corrected chi connectivity index (χ0v) is 10.8. The number of carbonyl (C=O) groups is 2. The molecule has 0 saturated carbocycles. The summed E-state index contributed by atoms with van der Waals surface area (Å²) in [7, 11) is 0. The molecule has 1 aromatic heterocycles. The summed E-state index contributed by atoms with van der Waals surface area (Å²) >= 11 is 0. The molecule has 0 unspecified atom stereocenters. The van der Waals surface area contributed by atoms with Gasteiger partial charge in [-0.15, -0.1) is 0 Å².